The number of nitrogens with zero attached hydrogens (tertiary/aromatic N) is 4. The highest BCUT2D eigenvalue weighted by Gasteiger charge is 2.26. The molecule has 0 aromatic carbocycles. The number of aryl methyl sites for hydroxylation is 2. The summed E-state index contributed by atoms with van der Waals surface area (Å²) in [4.78, 5) is 26.9. The van der Waals surface area contributed by atoms with Crippen LogP contribution in [0.2, 0.25) is 0 Å². The van der Waals surface area contributed by atoms with Crippen molar-refractivity contribution in [1.82, 2.24) is 15.0 Å². The average Bonchev–Trinajstić information content (AvgIpc) is 2.92. The Bertz CT molecular complexity index is 671. The van der Waals surface area contributed by atoms with Crippen LogP contribution in [0.1, 0.15) is 41.4 Å². The van der Waals surface area contributed by atoms with Crippen LogP contribution >= 0.6 is 0 Å². The normalized spacial score (nSPS) is 18.0. The van der Waals surface area contributed by atoms with Crippen molar-refractivity contribution in [3.05, 3.63) is 35.9 Å². The van der Waals surface area contributed by atoms with Gasteiger partial charge in [0.05, 0.1) is 12.2 Å². The van der Waals surface area contributed by atoms with Gasteiger partial charge in [0.25, 0.3) is 0 Å². The predicted octanol–water partition coefficient (Wildman–Crippen LogP) is 2.30. The number of piperidine rings is 1. The Hall–Kier alpha value is -2.44. The van der Waals surface area contributed by atoms with Crippen LogP contribution in [0.4, 0.5) is 5.82 Å². The first-order chi connectivity index (χ1) is 11.1. The van der Waals surface area contributed by atoms with Crippen LogP contribution < -0.4 is 4.90 Å². The van der Waals surface area contributed by atoms with E-state index in [-0.39, 0.29) is 11.7 Å². The molecule has 1 aliphatic rings. The number of aromatic nitrogens is 3. The molecule has 0 saturated carbocycles. The van der Waals surface area contributed by atoms with Crippen LogP contribution in [-0.4, -0.2) is 40.1 Å². The van der Waals surface area contributed by atoms with Gasteiger partial charge in [-0.3, -0.25) is 4.98 Å². The number of esters is 1. The molecule has 0 aliphatic carbocycles. The van der Waals surface area contributed by atoms with Crippen molar-refractivity contribution in [2.24, 2.45) is 0 Å². The summed E-state index contributed by atoms with van der Waals surface area (Å²) in [6, 6.07) is 0.109. The number of carbonyl (C=O) groups excluding carboxylic acids is 1. The molecule has 1 atom stereocenters. The molecular formula is C16H20N4O3. The number of hydrogen-bond donors (Lipinski definition) is 0. The highest BCUT2D eigenvalue weighted by molar-refractivity contribution is 5.88. The van der Waals surface area contributed by atoms with Crippen molar-refractivity contribution < 1.29 is 13.9 Å². The molecule has 3 rings (SSSR count). The standard InChI is InChI=1S/C16H20N4O3/c1-11-15(19-12(2)23-11)16(21)22-10-13-5-3-4-8-20(13)14-9-17-6-7-18-14/h6-7,9,13H,3-5,8,10H2,1-2H3. The van der Waals surface area contributed by atoms with E-state index in [4.69, 9.17) is 9.15 Å². The Labute approximate surface area is 134 Å². The van der Waals surface area contributed by atoms with Crippen LogP contribution in [0, 0.1) is 13.8 Å². The lowest BCUT2D eigenvalue weighted by Gasteiger charge is -2.35. The minimum Gasteiger partial charge on any atom is -0.459 e. The number of carbonyl (C=O) groups is 1. The third-order valence-electron chi connectivity index (χ3n) is 3.97. The van der Waals surface area contributed by atoms with Crippen molar-refractivity contribution in [3.63, 3.8) is 0 Å². The third kappa shape index (κ3) is 3.49. The molecule has 0 amide bonds. The van der Waals surface area contributed by atoms with Gasteiger partial charge in [-0.05, 0) is 26.2 Å². The first-order valence-electron chi connectivity index (χ1n) is 7.79. The SMILES string of the molecule is Cc1nc(C(=O)OCC2CCCCN2c2cnccn2)c(C)o1. The lowest BCUT2D eigenvalue weighted by atomic mass is 10.0. The summed E-state index contributed by atoms with van der Waals surface area (Å²) in [6.45, 7) is 4.62. The maximum Gasteiger partial charge on any atom is 0.360 e. The van der Waals surface area contributed by atoms with Gasteiger partial charge in [0.1, 0.15) is 18.2 Å². The summed E-state index contributed by atoms with van der Waals surface area (Å²) in [7, 11) is 0. The monoisotopic (exact) mass is 316 g/mol. The van der Waals surface area contributed by atoms with Crippen LogP contribution in [-0.2, 0) is 4.74 Å². The van der Waals surface area contributed by atoms with Crippen molar-refractivity contribution in [3.8, 4) is 0 Å². The van der Waals surface area contributed by atoms with Crippen LogP contribution in [0.25, 0.3) is 0 Å². The Morgan fingerprint density at radius 3 is 2.96 bits per heavy atom. The minimum atomic E-state index is -0.441. The summed E-state index contributed by atoms with van der Waals surface area (Å²) < 4.78 is 10.7. The van der Waals surface area contributed by atoms with Crippen molar-refractivity contribution in [1.29, 1.82) is 0 Å². The van der Waals surface area contributed by atoms with Gasteiger partial charge in [0.15, 0.2) is 11.6 Å². The van der Waals surface area contributed by atoms with Crippen LogP contribution in [0.15, 0.2) is 23.0 Å². The quantitative estimate of drug-likeness (QED) is 0.800. The molecule has 122 valence electrons. The minimum absolute atomic E-state index is 0.109. The van der Waals surface area contributed by atoms with Gasteiger partial charge >= 0.3 is 5.97 Å². The van der Waals surface area contributed by atoms with Crippen molar-refractivity contribution in [2.75, 3.05) is 18.1 Å². The molecule has 7 nitrogen and oxygen atoms in total. The molecule has 1 unspecified atom stereocenters. The third-order valence-corrected chi connectivity index (χ3v) is 3.97. The fourth-order valence-electron chi connectivity index (χ4n) is 2.87. The fourth-order valence-corrected chi connectivity index (χ4v) is 2.87. The number of oxazole rings is 1. The van der Waals surface area contributed by atoms with E-state index >= 15 is 0 Å². The summed E-state index contributed by atoms with van der Waals surface area (Å²) >= 11 is 0. The molecule has 0 spiro atoms. The molecule has 0 bridgehead atoms. The van der Waals surface area contributed by atoms with E-state index in [0.717, 1.165) is 31.6 Å². The van der Waals surface area contributed by atoms with Gasteiger partial charge in [-0.1, -0.05) is 0 Å². The first-order valence-corrected chi connectivity index (χ1v) is 7.79. The van der Waals surface area contributed by atoms with Gasteiger partial charge in [-0.15, -0.1) is 0 Å². The highest BCUT2D eigenvalue weighted by Crippen LogP contribution is 2.23. The van der Waals surface area contributed by atoms with E-state index in [9.17, 15) is 4.79 Å². The summed E-state index contributed by atoms with van der Waals surface area (Å²) in [5.74, 6) is 1.33. The Balaban J connectivity index is 1.66. The molecule has 23 heavy (non-hydrogen) atoms. The van der Waals surface area contributed by atoms with Crippen LogP contribution in [0.3, 0.4) is 0 Å². The van der Waals surface area contributed by atoms with Gasteiger partial charge < -0.3 is 14.1 Å². The van der Waals surface area contributed by atoms with Crippen molar-refractivity contribution >= 4 is 11.8 Å². The summed E-state index contributed by atoms with van der Waals surface area (Å²) in [6.07, 6.45) is 8.24. The topological polar surface area (TPSA) is 81.4 Å². The zero-order chi connectivity index (χ0) is 16.2. The Kier molecular flexibility index (Phi) is 4.55. The first kappa shape index (κ1) is 15.5. The number of ether oxygens (including phenoxy) is 1. The zero-order valence-electron chi connectivity index (χ0n) is 13.4. The second-order valence-corrected chi connectivity index (χ2v) is 5.64. The lowest BCUT2D eigenvalue weighted by molar-refractivity contribution is 0.0459. The lowest BCUT2D eigenvalue weighted by Crippen LogP contribution is -2.43. The molecule has 0 N–H and O–H groups in total. The smallest absolute Gasteiger partial charge is 0.360 e. The molecule has 7 heteroatoms. The van der Waals surface area contributed by atoms with E-state index in [0.29, 0.717) is 18.3 Å². The molecule has 3 heterocycles. The predicted molar refractivity (Wildman–Crippen MR) is 83.3 cm³/mol. The summed E-state index contributed by atoms with van der Waals surface area (Å²) in [5, 5.41) is 0. The Morgan fingerprint density at radius 2 is 2.26 bits per heavy atom. The molecule has 0 radical (unpaired) electrons. The number of anilines is 1. The number of hydrogen-bond acceptors (Lipinski definition) is 7. The maximum absolute atomic E-state index is 12.2. The Morgan fingerprint density at radius 1 is 1.39 bits per heavy atom. The highest BCUT2D eigenvalue weighted by atomic mass is 16.5. The van der Waals surface area contributed by atoms with Gasteiger partial charge in [-0.2, -0.15) is 0 Å². The fraction of sp³-hybridized carbons (Fsp3) is 0.500. The molecule has 2 aromatic heterocycles. The van der Waals surface area contributed by atoms with Gasteiger partial charge in [0, 0.05) is 25.9 Å². The largest absolute Gasteiger partial charge is 0.459 e. The maximum atomic E-state index is 12.2. The molecule has 1 fully saturated rings. The van der Waals surface area contributed by atoms with E-state index in [2.05, 4.69) is 19.9 Å². The average molecular weight is 316 g/mol. The van der Waals surface area contributed by atoms with E-state index in [1.54, 1.807) is 32.4 Å². The molecular weight excluding hydrogens is 296 g/mol. The number of rotatable bonds is 4. The second-order valence-electron chi connectivity index (χ2n) is 5.64. The van der Waals surface area contributed by atoms with Crippen molar-refractivity contribution in [2.45, 2.75) is 39.2 Å². The molecule has 2 aromatic rings. The van der Waals surface area contributed by atoms with E-state index < -0.39 is 5.97 Å². The second kappa shape index (κ2) is 6.76. The summed E-state index contributed by atoms with van der Waals surface area (Å²) in [5.41, 5.74) is 0.254. The van der Waals surface area contributed by atoms with Crippen LogP contribution in [0.5, 0.6) is 0 Å². The molecule has 1 saturated heterocycles. The molecule has 1 aliphatic heterocycles. The van der Waals surface area contributed by atoms with Gasteiger partial charge in [-0.25, -0.2) is 14.8 Å². The van der Waals surface area contributed by atoms with E-state index in [1.807, 2.05) is 0 Å². The van der Waals surface area contributed by atoms with Gasteiger partial charge in [0.2, 0.25) is 0 Å². The van der Waals surface area contributed by atoms with E-state index in [1.165, 1.54) is 0 Å². The zero-order valence-corrected chi connectivity index (χ0v) is 13.4.